The highest BCUT2D eigenvalue weighted by molar-refractivity contribution is 6.01. The minimum absolute atomic E-state index is 0.183. The molecular weight excluding hydrogens is 292 g/mol. The monoisotopic (exact) mass is 316 g/mol. The molecule has 0 aliphatic rings. The third-order valence-electron chi connectivity index (χ3n) is 3.59. The fraction of sp³-hybridized carbons (Fsp3) is 0.438. The average molecular weight is 316 g/mol. The van der Waals surface area contributed by atoms with E-state index in [1.807, 2.05) is 24.1 Å². The summed E-state index contributed by atoms with van der Waals surface area (Å²) in [5, 5.41) is 11.1. The molecule has 0 spiro atoms. The number of nitrogens with zero attached hydrogens (tertiary/aromatic N) is 5. The van der Waals surface area contributed by atoms with Crippen LogP contribution in [0.1, 0.15) is 19.4 Å². The van der Waals surface area contributed by atoms with Gasteiger partial charge in [-0.15, -0.1) is 0 Å². The first-order chi connectivity index (χ1) is 11.1. The maximum absolute atomic E-state index is 11.9. The molecule has 1 amide bonds. The number of anilines is 1. The first kappa shape index (κ1) is 17.0. The van der Waals surface area contributed by atoms with Crippen LogP contribution in [0.25, 0.3) is 6.08 Å². The minimum Gasteiger partial charge on any atom is -0.320 e. The summed E-state index contributed by atoms with van der Waals surface area (Å²) in [6.07, 6.45) is 10.3. The zero-order chi connectivity index (χ0) is 16.7. The molecular formula is C16H24N6O. The second-order valence-corrected chi connectivity index (χ2v) is 5.29. The maximum atomic E-state index is 11.9. The Balaban J connectivity index is 1.83. The highest BCUT2D eigenvalue weighted by Crippen LogP contribution is 2.06. The van der Waals surface area contributed by atoms with Crippen LogP contribution in [0.4, 0.5) is 5.69 Å². The predicted molar refractivity (Wildman–Crippen MR) is 90.9 cm³/mol. The van der Waals surface area contributed by atoms with Crippen LogP contribution in [-0.2, 0) is 18.4 Å². The first-order valence-electron chi connectivity index (χ1n) is 7.83. The van der Waals surface area contributed by atoms with Gasteiger partial charge < -0.3 is 10.2 Å². The van der Waals surface area contributed by atoms with Crippen LogP contribution in [0.15, 0.2) is 30.9 Å². The molecule has 2 aromatic heterocycles. The molecule has 7 nitrogen and oxygen atoms in total. The van der Waals surface area contributed by atoms with E-state index in [1.165, 1.54) is 6.08 Å². The summed E-state index contributed by atoms with van der Waals surface area (Å²) in [5.41, 5.74) is 1.59. The second kappa shape index (κ2) is 8.28. The highest BCUT2D eigenvalue weighted by Gasteiger charge is 2.04. The lowest BCUT2D eigenvalue weighted by molar-refractivity contribution is -0.111. The molecule has 0 atom stereocenters. The Labute approximate surface area is 136 Å². The fourth-order valence-electron chi connectivity index (χ4n) is 2.22. The highest BCUT2D eigenvalue weighted by atomic mass is 16.1. The number of aromatic nitrogens is 4. The Hall–Kier alpha value is -2.41. The summed E-state index contributed by atoms with van der Waals surface area (Å²) in [4.78, 5) is 14.2. The van der Waals surface area contributed by atoms with E-state index < -0.39 is 0 Å². The van der Waals surface area contributed by atoms with E-state index in [-0.39, 0.29) is 5.91 Å². The SMILES string of the molecule is CCN(CC)CCn1cc(NC(=O)/C=C\c2cnn(C)c2)cn1. The molecule has 0 aliphatic heterocycles. The lowest BCUT2D eigenvalue weighted by Gasteiger charge is -2.17. The van der Waals surface area contributed by atoms with E-state index in [2.05, 4.69) is 34.3 Å². The summed E-state index contributed by atoms with van der Waals surface area (Å²) in [5.74, 6) is -0.183. The van der Waals surface area contributed by atoms with Crippen molar-refractivity contribution in [2.45, 2.75) is 20.4 Å². The number of hydrogen-bond donors (Lipinski definition) is 1. The Bertz CT molecular complexity index is 653. The molecule has 124 valence electrons. The van der Waals surface area contributed by atoms with Crippen molar-refractivity contribution in [1.82, 2.24) is 24.5 Å². The normalized spacial score (nSPS) is 11.5. The quantitative estimate of drug-likeness (QED) is 0.751. The number of nitrogens with one attached hydrogen (secondary N) is 1. The van der Waals surface area contributed by atoms with E-state index in [9.17, 15) is 4.79 Å². The molecule has 0 aromatic carbocycles. The van der Waals surface area contributed by atoms with Gasteiger partial charge in [0, 0.05) is 37.6 Å². The molecule has 2 rings (SSSR count). The van der Waals surface area contributed by atoms with Gasteiger partial charge in [0.25, 0.3) is 0 Å². The molecule has 0 fully saturated rings. The summed E-state index contributed by atoms with van der Waals surface area (Å²) >= 11 is 0. The molecule has 2 aromatic rings. The Morgan fingerprint density at radius 1 is 1.26 bits per heavy atom. The molecule has 23 heavy (non-hydrogen) atoms. The molecule has 0 saturated heterocycles. The zero-order valence-electron chi connectivity index (χ0n) is 13.9. The third-order valence-corrected chi connectivity index (χ3v) is 3.59. The van der Waals surface area contributed by atoms with Crippen molar-refractivity contribution in [2.75, 3.05) is 25.0 Å². The van der Waals surface area contributed by atoms with Crippen molar-refractivity contribution in [3.63, 3.8) is 0 Å². The summed E-state index contributed by atoms with van der Waals surface area (Å²) < 4.78 is 3.54. The zero-order valence-corrected chi connectivity index (χ0v) is 13.9. The molecule has 0 saturated carbocycles. The van der Waals surface area contributed by atoms with Crippen molar-refractivity contribution < 1.29 is 4.79 Å². The number of amides is 1. The lowest BCUT2D eigenvalue weighted by atomic mass is 10.3. The van der Waals surface area contributed by atoms with Gasteiger partial charge in [-0.3, -0.25) is 14.2 Å². The van der Waals surface area contributed by atoms with Crippen LogP contribution >= 0.6 is 0 Å². The topological polar surface area (TPSA) is 68.0 Å². The van der Waals surface area contributed by atoms with E-state index >= 15 is 0 Å². The largest absolute Gasteiger partial charge is 0.320 e. The molecule has 7 heteroatoms. The third kappa shape index (κ3) is 5.37. The molecule has 0 aliphatic carbocycles. The smallest absolute Gasteiger partial charge is 0.248 e. The van der Waals surface area contributed by atoms with Gasteiger partial charge in [0.05, 0.1) is 24.6 Å². The number of rotatable bonds is 8. The van der Waals surface area contributed by atoms with Gasteiger partial charge in [0.15, 0.2) is 0 Å². The predicted octanol–water partition coefficient (Wildman–Crippen LogP) is 1.61. The van der Waals surface area contributed by atoms with Crippen molar-refractivity contribution in [2.24, 2.45) is 7.05 Å². The Morgan fingerprint density at radius 2 is 2.04 bits per heavy atom. The minimum atomic E-state index is -0.183. The average Bonchev–Trinajstić information content (AvgIpc) is 3.15. The van der Waals surface area contributed by atoms with Crippen molar-refractivity contribution in [3.05, 3.63) is 36.4 Å². The van der Waals surface area contributed by atoms with E-state index in [0.29, 0.717) is 5.69 Å². The second-order valence-electron chi connectivity index (χ2n) is 5.29. The van der Waals surface area contributed by atoms with Gasteiger partial charge in [-0.2, -0.15) is 10.2 Å². The van der Waals surface area contributed by atoms with Crippen LogP contribution in [0.2, 0.25) is 0 Å². The van der Waals surface area contributed by atoms with Gasteiger partial charge in [0.2, 0.25) is 5.91 Å². The van der Waals surface area contributed by atoms with Crippen LogP contribution in [0, 0.1) is 0 Å². The molecule has 2 heterocycles. The molecule has 0 unspecified atom stereocenters. The van der Waals surface area contributed by atoms with Crippen LogP contribution in [-0.4, -0.2) is 50.0 Å². The standard InChI is InChI=1S/C16H24N6O/c1-4-21(5-2)8-9-22-13-15(11-18-22)19-16(23)7-6-14-10-17-20(3)12-14/h6-7,10-13H,4-5,8-9H2,1-3H3,(H,19,23)/b7-6-. The Morgan fingerprint density at radius 3 is 2.70 bits per heavy atom. The lowest BCUT2D eigenvalue weighted by Crippen LogP contribution is -2.27. The van der Waals surface area contributed by atoms with Gasteiger partial charge in [-0.1, -0.05) is 13.8 Å². The van der Waals surface area contributed by atoms with Gasteiger partial charge >= 0.3 is 0 Å². The number of likely N-dealkylation sites (N-methyl/N-ethyl adjacent to an activating group) is 1. The summed E-state index contributed by atoms with van der Waals surface area (Å²) in [7, 11) is 1.84. The van der Waals surface area contributed by atoms with Crippen LogP contribution in [0.3, 0.4) is 0 Å². The number of aryl methyl sites for hydroxylation is 1. The van der Waals surface area contributed by atoms with Gasteiger partial charge in [-0.25, -0.2) is 0 Å². The summed E-state index contributed by atoms with van der Waals surface area (Å²) in [6, 6.07) is 0. The van der Waals surface area contributed by atoms with E-state index in [4.69, 9.17) is 0 Å². The van der Waals surface area contributed by atoms with Gasteiger partial charge in [-0.05, 0) is 19.2 Å². The Kier molecular flexibility index (Phi) is 6.10. The number of hydrogen-bond acceptors (Lipinski definition) is 4. The molecule has 1 N–H and O–H groups in total. The van der Waals surface area contributed by atoms with Crippen LogP contribution < -0.4 is 5.32 Å². The van der Waals surface area contributed by atoms with Crippen molar-refractivity contribution in [1.29, 1.82) is 0 Å². The molecule has 0 bridgehead atoms. The van der Waals surface area contributed by atoms with Crippen LogP contribution in [0.5, 0.6) is 0 Å². The molecule has 0 radical (unpaired) electrons. The number of carbonyl (C=O) groups is 1. The maximum Gasteiger partial charge on any atom is 0.248 e. The first-order valence-corrected chi connectivity index (χ1v) is 7.83. The number of carbonyl (C=O) groups excluding carboxylic acids is 1. The van der Waals surface area contributed by atoms with E-state index in [1.54, 1.807) is 23.2 Å². The summed E-state index contributed by atoms with van der Waals surface area (Å²) in [6.45, 7) is 8.10. The van der Waals surface area contributed by atoms with E-state index in [0.717, 1.165) is 31.7 Å². The van der Waals surface area contributed by atoms with Crippen molar-refractivity contribution in [3.8, 4) is 0 Å². The van der Waals surface area contributed by atoms with Crippen molar-refractivity contribution >= 4 is 17.7 Å². The van der Waals surface area contributed by atoms with Gasteiger partial charge in [0.1, 0.15) is 0 Å². The fourth-order valence-corrected chi connectivity index (χ4v) is 2.22.